The van der Waals surface area contributed by atoms with Crippen molar-refractivity contribution in [3.05, 3.63) is 54.1 Å². The zero-order chi connectivity index (χ0) is 19.9. The molecular weight excluding hydrogens is 366 g/mol. The molecule has 0 atom stereocenters. The van der Waals surface area contributed by atoms with Crippen LogP contribution in [-0.2, 0) is 14.8 Å². The number of rotatable bonds is 8. The monoisotopic (exact) mass is 389 g/mol. The van der Waals surface area contributed by atoms with Crippen LogP contribution in [0.25, 0.3) is 0 Å². The normalized spacial score (nSPS) is 10.9. The molecule has 27 heavy (non-hydrogen) atoms. The van der Waals surface area contributed by atoms with Crippen LogP contribution in [0, 0.1) is 0 Å². The lowest BCUT2D eigenvalue weighted by molar-refractivity contribution is -0.114. The van der Waals surface area contributed by atoms with Crippen LogP contribution in [0.5, 0.6) is 0 Å². The third-order valence-electron chi connectivity index (χ3n) is 3.66. The molecule has 7 nitrogen and oxygen atoms in total. The smallest absolute Gasteiger partial charge is 0.261 e. The Labute approximate surface area is 159 Å². The Morgan fingerprint density at radius 3 is 2.41 bits per heavy atom. The van der Waals surface area contributed by atoms with Gasteiger partial charge in [-0.2, -0.15) is 0 Å². The van der Waals surface area contributed by atoms with Crippen LogP contribution in [0.3, 0.4) is 0 Å². The largest absolute Gasteiger partial charge is 0.352 e. The molecule has 0 saturated heterocycles. The Bertz CT molecular complexity index is 926. The first-order chi connectivity index (χ1) is 12.8. The average molecular weight is 389 g/mol. The first-order valence-electron chi connectivity index (χ1n) is 8.60. The van der Waals surface area contributed by atoms with E-state index in [0.717, 1.165) is 12.8 Å². The Kier molecular flexibility index (Phi) is 6.95. The van der Waals surface area contributed by atoms with Crippen LogP contribution in [0.2, 0.25) is 0 Å². The predicted molar refractivity (Wildman–Crippen MR) is 105 cm³/mol. The van der Waals surface area contributed by atoms with E-state index in [1.165, 1.54) is 31.2 Å². The van der Waals surface area contributed by atoms with Gasteiger partial charge in [-0.25, -0.2) is 8.42 Å². The maximum Gasteiger partial charge on any atom is 0.261 e. The summed E-state index contributed by atoms with van der Waals surface area (Å²) in [6.45, 7) is 3.93. The summed E-state index contributed by atoms with van der Waals surface area (Å²) in [6.07, 6.45) is 1.81. The first kappa shape index (κ1) is 20.4. The fourth-order valence-corrected chi connectivity index (χ4v) is 3.46. The topological polar surface area (TPSA) is 104 Å². The van der Waals surface area contributed by atoms with Crippen molar-refractivity contribution < 1.29 is 18.0 Å². The number of hydrogen-bond acceptors (Lipinski definition) is 4. The van der Waals surface area contributed by atoms with E-state index in [1.807, 2.05) is 6.92 Å². The maximum absolute atomic E-state index is 12.6. The molecule has 2 rings (SSSR count). The molecule has 144 valence electrons. The van der Waals surface area contributed by atoms with Crippen LogP contribution < -0.4 is 15.4 Å². The molecule has 0 unspecified atom stereocenters. The summed E-state index contributed by atoms with van der Waals surface area (Å²) in [5, 5.41) is 5.35. The SMILES string of the molecule is CCCCNC(=O)c1cccc(S(=O)(=O)Nc2cccc(NC(C)=O)c2)c1. The standard InChI is InChI=1S/C19H23N3O4S/c1-3-4-11-20-19(24)15-7-5-10-18(12-15)27(25,26)22-17-9-6-8-16(13-17)21-14(2)23/h5-10,12-13,22H,3-4,11H2,1-2H3,(H,20,24)(H,21,23). The number of hydrogen-bond donors (Lipinski definition) is 3. The average Bonchev–Trinajstić information content (AvgIpc) is 2.61. The summed E-state index contributed by atoms with van der Waals surface area (Å²) in [5.41, 5.74) is 1.06. The zero-order valence-corrected chi connectivity index (χ0v) is 16.1. The number of sulfonamides is 1. The molecule has 0 aliphatic heterocycles. The lowest BCUT2D eigenvalue weighted by atomic mass is 10.2. The number of benzene rings is 2. The van der Waals surface area contributed by atoms with Crippen molar-refractivity contribution in [3.63, 3.8) is 0 Å². The number of carbonyl (C=O) groups excluding carboxylic acids is 2. The first-order valence-corrected chi connectivity index (χ1v) is 10.1. The van der Waals surface area contributed by atoms with E-state index >= 15 is 0 Å². The minimum Gasteiger partial charge on any atom is -0.352 e. The third-order valence-corrected chi connectivity index (χ3v) is 5.04. The summed E-state index contributed by atoms with van der Waals surface area (Å²) < 4.78 is 27.7. The molecule has 2 amide bonds. The van der Waals surface area contributed by atoms with E-state index in [4.69, 9.17) is 0 Å². The van der Waals surface area contributed by atoms with E-state index < -0.39 is 10.0 Å². The van der Waals surface area contributed by atoms with Crippen LogP contribution in [0.15, 0.2) is 53.4 Å². The van der Waals surface area contributed by atoms with E-state index in [1.54, 1.807) is 24.3 Å². The van der Waals surface area contributed by atoms with Crippen LogP contribution in [0.1, 0.15) is 37.0 Å². The van der Waals surface area contributed by atoms with E-state index in [2.05, 4.69) is 15.4 Å². The molecule has 0 radical (unpaired) electrons. The van der Waals surface area contributed by atoms with Crippen molar-refractivity contribution in [2.45, 2.75) is 31.6 Å². The van der Waals surface area contributed by atoms with Gasteiger partial charge in [0.1, 0.15) is 0 Å². The summed E-state index contributed by atoms with van der Waals surface area (Å²) in [6, 6.07) is 12.2. The van der Waals surface area contributed by atoms with Gasteiger partial charge >= 0.3 is 0 Å². The molecule has 0 saturated carbocycles. The molecular formula is C19H23N3O4S. The predicted octanol–water partition coefficient (Wildman–Crippen LogP) is 2.98. The Morgan fingerprint density at radius 2 is 1.70 bits per heavy atom. The molecule has 0 spiro atoms. The minimum atomic E-state index is -3.88. The summed E-state index contributed by atoms with van der Waals surface area (Å²) >= 11 is 0. The minimum absolute atomic E-state index is 0.0180. The van der Waals surface area contributed by atoms with Gasteiger partial charge in [-0.1, -0.05) is 25.5 Å². The molecule has 3 N–H and O–H groups in total. The van der Waals surface area contributed by atoms with Gasteiger partial charge in [-0.05, 0) is 42.8 Å². The van der Waals surface area contributed by atoms with Crippen LogP contribution in [0.4, 0.5) is 11.4 Å². The second-order valence-electron chi connectivity index (χ2n) is 6.00. The van der Waals surface area contributed by atoms with Gasteiger partial charge in [0.05, 0.1) is 10.6 Å². The van der Waals surface area contributed by atoms with Crippen LogP contribution >= 0.6 is 0 Å². The van der Waals surface area contributed by atoms with Gasteiger partial charge in [-0.15, -0.1) is 0 Å². The lowest BCUT2D eigenvalue weighted by Gasteiger charge is -2.11. The molecule has 0 aliphatic rings. The van der Waals surface area contributed by atoms with Gasteiger partial charge < -0.3 is 10.6 Å². The van der Waals surface area contributed by atoms with Crippen molar-refractivity contribution in [2.24, 2.45) is 0 Å². The maximum atomic E-state index is 12.6. The van der Waals surface area contributed by atoms with E-state index in [0.29, 0.717) is 17.9 Å². The molecule has 2 aromatic carbocycles. The Balaban J connectivity index is 2.18. The molecule has 0 bridgehead atoms. The Hall–Kier alpha value is -2.87. The van der Waals surface area contributed by atoms with Gasteiger partial charge in [0.25, 0.3) is 15.9 Å². The molecule has 8 heteroatoms. The summed E-state index contributed by atoms with van der Waals surface area (Å²) in [7, 11) is -3.88. The van der Waals surface area contributed by atoms with Crippen molar-refractivity contribution in [3.8, 4) is 0 Å². The quantitative estimate of drug-likeness (QED) is 0.604. The highest BCUT2D eigenvalue weighted by Crippen LogP contribution is 2.20. The third kappa shape index (κ3) is 6.10. The van der Waals surface area contributed by atoms with Gasteiger partial charge in [-0.3, -0.25) is 14.3 Å². The van der Waals surface area contributed by atoms with Gasteiger partial charge in [0.2, 0.25) is 5.91 Å². The molecule has 2 aromatic rings. The molecule has 0 heterocycles. The number of amides is 2. The fourth-order valence-electron chi connectivity index (χ4n) is 2.36. The summed E-state index contributed by atoms with van der Waals surface area (Å²) in [5.74, 6) is -0.565. The van der Waals surface area contributed by atoms with Crippen molar-refractivity contribution in [2.75, 3.05) is 16.6 Å². The zero-order valence-electron chi connectivity index (χ0n) is 15.3. The van der Waals surface area contributed by atoms with Crippen molar-refractivity contribution in [1.29, 1.82) is 0 Å². The number of anilines is 2. The van der Waals surface area contributed by atoms with Crippen molar-refractivity contribution >= 4 is 33.2 Å². The molecule has 0 aliphatic carbocycles. The van der Waals surface area contributed by atoms with Gasteiger partial charge in [0.15, 0.2) is 0 Å². The fraction of sp³-hybridized carbons (Fsp3) is 0.263. The summed E-state index contributed by atoms with van der Waals surface area (Å²) in [4.78, 5) is 23.3. The molecule has 0 aromatic heterocycles. The second-order valence-corrected chi connectivity index (χ2v) is 7.69. The van der Waals surface area contributed by atoms with Gasteiger partial charge in [0, 0.05) is 24.7 Å². The molecule has 0 fully saturated rings. The second kappa shape index (κ2) is 9.18. The Morgan fingerprint density at radius 1 is 1.00 bits per heavy atom. The van der Waals surface area contributed by atoms with E-state index in [9.17, 15) is 18.0 Å². The number of nitrogens with one attached hydrogen (secondary N) is 3. The highest BCUT2D eigenvalue weighted by Gasteiger charge is 2.16. The van der Waals surface area contributed by atoms with Crippen molar-refractivity contribution in [1.82, 2.24) is 5.32 Å². The van der Waals surface area contributed by atoms with E-state index in [-0.39, 0.29) is 22.3 Å². The highest BCUT2D eigenvalue weighted by atomic mass is 32.2. The highest BCUT2D eigenvalue weighted by molar-refractivity contribution is 7.92. The lowest BCUT2D eigenvalue weighted by Crippen LogP contribution is -2.24. The number of unbranched alkanes of at least 4 members (excludes halogenated alkanes) is 1. The number of carbonyl (C=O) groups is 2. The van der Waals surface area contributed by atoms with Crippen LogP contribution in [-0.4, -0.2) is 26.8 Å².